The molecule has 1 amide bonds. The van der Waals surface area contributed by atoms with Crippen molar-refractivity contribution in [1.82, 2.24) is 5.32 Å². The minimum atomic E-state index is -2.40. The van der Waals surface area contributed by atoms with E-state index >= 15 is 0 Å². The van der Waals surface area contributed by atoms with E-state index in [0.29, 0.717) is 11.1 Å². The molecule has 10 heteroatoms. The lowest BCUT2D eigenvalue weighted by atomic mass is 10.1. The average molecular weight is 465 g/mol. The maximum absolute atomic E-state index is 13.9. The van der Waals surface area contributed by atoms with Crippen LogP contribution >= 0.6 is 0 Å². The zero-order valence-corrected chi connectivity index (χ0v) is 16.8. The van der Waals surface area contributed by atoms with Crippen molar-refractivity contribution in [2.24, 2.45) is 0 Å². The second-order valence-electron chi connectivity index (χ2n) is 6.77. The average Bonchev–Trinajstić information content (AvgIpc) is 2.83. The van der Waals surface area contributed by atoms with Gasteiger partial charge in [0.1, 0.15) is 12.6 Å². The summed E-state index contributed by atoms with van der Waals surface area (Å²) in [7, 11) is 0. The summed E-state index contributed by atoms with van der Waals surface area (Å²) in [4.78, 5) is 24.8. The Morgan fingerprint density at radius 1 is 0.727 bits per heavy atom. The van der Waals surface area contributed by atoms with E-state index in [2.05, 4.69) is 10.1 Å². The van der Waals surface area contributed by atoms with E-state index in [4.69, 9.17) is 4.74 Å². The molecule has 0 bridgehead atoms. The fourth-order valence-electron chi connectivity index (χ4n) is 2.80. The molecule has 3 rings (SSSR count). The van der Waals surface area contributed by atoms with Gasteiger partial charge in [-0.3, -0.25) is 0 Å². The molecule has 0 spiro atoms. The first-order valence-corrected chi connectivity index (χ1v) is 9.52. The van der Waals surface area contributed by atoms with E-state index in [1.54, 1.807) is 60.7 Å². The van der Waals surface area contributed by atoms with Gasteiger partial charge in [-0.25, -0.2) is 22.8 Å². The van der Waals surface area contributed by atoms with Gasteiger partial charge in [0.05, 0.1) is 0 Å². The van der Waals surface area contributed by atoms with Crippen LogP contribution < -0.4 is 10.1 Å². The van der Waals surface area contributed by atoms with Crippen LogP contribution in [-0.2, 0) is 22.6 Å². The number of alkyl carbamates (subject to hydrolysis) is 1. The molecule has 1 atom stereocenters. The summed E-state index contributed by atoms with van der Waals surface area (Å²) in [6.45, 7) is -0.141. The predicted molar refractivity (Wildman–Crippen MR) is 106 cm³/mol. The van der Waals surface area contributed by atoms with Gasteiger partial charge in [0.2, 0.25) is 34.8 Å². The number of esters is 1. The van der Waals surface area contributed by atoms with Gasteiger partial charge in [-0.1, -0.05) is 60.7 Å². The lowest BCUT2D eigenvalue weighted by molar-refractivity contribution is -0.137. The van der Waals surface area contributed by atoms with Crippen LogP contribution in [0.15, 0.2) is 60.7 Å². The molecule has 0 aliphatic carbocycles. The Bertz CT molecular complexity index is 1110. The molecule has 0 saturated heterocycles. The maximum atomic E-state index is 13.9. The summed E-state index contributed by atoms with van der Waals surface area (Å²) in [5.41, 5.74) is 1.16. The number of nitrogens with one attached hydrogen (secondary N) is 1. The van der Waals surface area contributed by atoms with Crippen LogP contribution in [-0.4, -0.2) is 18.1 Å². The highest BCUT2D eigenvalue weighted by Crippen LogP contribution is 2.29. The highest BCUT2D eigenvalue weighted by Gasteiger charge is 2.31. The number of ether oxygens (including phenoxy) is 2. The second kappa shape index (κ2) is 10.6. The first-order valence-electron chi connectivity index (χ1n) is 9.52. The summed E-state index contributed by atoms with van der Waals surface area (Å²) in [5, 5.41) is 2.19. The molecule has 33 heavy (non-hydrogen) atoms. The SMILES string of the molecule is O=C(N[C@@H](Cc1ccccc1)C(=O)Oc1c(F)c(F)c(F)c(F)c1F)OCc1ccccc1. The zero-order valence-electron chi connectivity index (χ0n) is 16.8. The van der Waals surface area contributed by atoms with Crippen LogP contribution in [0.5, 0.6) is 5.75 Å². The topological polar surface area (TPSA) is 64.6 Å². The van der Waals surface area contributed by atoms with E-state index in [1.807, 2.05) is 0 Å². The molecule has 0 saturated carbocycles. The molecule has 1 N–H and O–H groups in total. The maximum Gasteiger partial charge on any atom is 0.408 e. The molecular weight excluding hydrogens is 449 g/mol. The first kappa shape index (κ1) is 23.7. The third-order valence-electron chi connectivity index (χ3n) is 4.44. The van der Waals surface area contributed by atoms with E-state index in [0.717, 1.165) is 0 Å². The fourth-order valence-corrected chi connectivity index (χ4v) is 2.80. The van der Waals surface area contributed by atoms with Crippen LogP contribution in [0, 0.1) is 29.1 Å². The summed E-state index contributed by atoms with van der Waals surface area (Å²) < 4.78 is 77.4. The van der Waals surface area contributed by atoms with Crippen molar-refractivity contribution in [3.63, 3.8) is 0 Å². The van der Waals surface area contributed by atoms with Crippen molar-refractivity contribution in [2.75, 3.05) is 0 Å². The van der Waals surface area contributed by atoms with E-state index < -0.39 is 52.9 Å². The molecule has 0 unspecified atom stereocenters. The van der Waals surface area contributed by atoms with Crippen LogP contribution in [0.25, 0.3) is 0 Å². The van der Waals surface area contributed by atoms with E-state index in [9.17, 15) is 31.5 Å². The van der Waals surface area contributed by atoms with Gasteiger partial charge in [0.25, 0.3) is 0 Å². The quantitative estimate of drug-likeness (QED) is 0.179. The van der Waals surface area contributed by atoms with Gasteiger partial charge in [0.15, 0.2) is 0 Å². The number of hydrogen-bond donors (Lipinski definition) is 1. The minimum Gasteiger partial charge on any atom is -0.445 e. The lowest BCUT2D eigenvalue weighted by Gasteiger charge is -2.18. The Hall–Kier alpha value is -3.95. The van der Waals surface area contributed by atoms with Crippen LogP contribution in [0.3, 0.4) is 0 Å². The molecular formula is C23H16F5NO4. The fraction of sp³-hybridized carbons (Fsp3) is 0.130. The Balaban J connectivity index is 1.79. The second-order valence-corrected chi connectivity index (χ2v) is 6.77. The summed E-state index contributed by atoms with van der Waals surface area (Å²) in [5.74, 6) is -14.8. The van der Waals surface area contributed by atoms with Crippen LogP contribution in [0.4, 0.5) is 26.7 Å². The Morgan fingerprint density at radius 3 is 1.76 bits per heavy atom. The molecule has 0 aromatic heterocycles. The Morgan fingerprint density at radius 2 is 1.21 bits per heavy atom. The predicted octanol–water partition coefficient (Wildman–Crippen LogP) is 4.83. The van der Waals surface area contributed by atoms with Crippen molar-refractivity contribution in [3.8, 4) is 5.75 Å². The lowest BCUT2D eigenvalue weighted by Crippen LogP contribution is -2.45. The Kier molecular flexibility index (Phi) is 7.60. The number of carbonyl (C=O) groups excluding carboxylic acids is 2. The van der Waals surface area contributed by atoms with Crippen molar-refractivity contribution < 1.29 is 41.0 Å². The Labute approximate surface area is 184 Å². The molecule has 3 aromatic rings. The number of carbonyl (C=O) groups is 2. The standard InChI is InChI=1S/C23H16F5NO4/c24-16-17(25)19(27)21(20(28)18(16)26)33-22(30)15(11-13-7-3-1-4-8-13)29-23(31)32-12-14-9-5-2-6-10-14/h1-10,15H,11-12H2,(H,29,31)/t15-/m0/s1. The highest BCUT2D eigenvalue weighted by molar-refractivity contribution is 5.83. The van der Waals surface area contributed by atoms with Crippen molar-refractivity contribution in [3.05, 3.63) is 101 Å². The molecule has 0 aliphatic rings. The number of amides is 1. The van der Waals surface area contributed by atoms with Crippen molar-refractivity contribution in [1.29, 1.82) is 0 Å². The number of benzene rings is 3. The van der Waals surface area contributed by atoms with Gasteiger partial charge in [-0.2, -0.15) is 8.78 Å². The largest absolute Gasteiger partial charge is 0.445 e. The molecule has 172 valence electrons. The van der Waals surface area contributed by atoms with Gasteiger partial charge >= 0.3 is 12.1 Å². The molecule has 0 fully saturated rings. The van der Waals surface area contributed by atoms with E-state index in [1.165, 1.54) is 0 Å². The number of halogens is 5. The number of hydrogen-bond acceptors (Lipinski definition) is 4. The van der Waals surface area contributed by atoms with Gasteiger partial charge in [-0.15, -0.1) is 0 Å². The zero-order chi connectivity index (χ0) is 24.0. The normalized spacial score (nSPS) is 11.5. The minimum absolute atomic E-state index is 0.141. The molecule has 3 aromatic carbocycles. The molecule has 0 aliphatic heterocycles. The monoisotopic (exact) mass is 465 g/mol. The summed E-state index contributed by atoms with van der Waals surface area (Å²) >= 11 is 0. The molecule has 0 radical (unpaired) electrons. The third kappa shape index (κ3) is 5.85. The van der Waals surface area contributed by atoms with Gasteiger partial charge in [0, 0.05) is 6.42 Å². The first-order chi connectivity index (χ1) is 15.8. The molecule has 0 heterocycles. The molecule has 5 nitrogen and oxygen atoms in total. The van der Waals surface area contributed by atoms with Gasteiger partial charge in [-0.05, 0) is 11.1 Å². The summed E-state index contributed by atoms with van der Waals surface area (Å²) in [6.07, 6.45) is -1.27. The highest BCUT2D eigenvalue weighted by atomic mass is 19.2. The van der Waals surface area contributed by atoms with Gasteiger partial charge < -0.3 is 14.8 Å². The number of rotatable bonds is 7. The van der Waals surface area contributed by atoms with Crippen LogP contribution in [0.1, 0.15) is 11.1 Å². The van der Waals surface area contributed by atoms with E-state index in [-0.39, 0.29) is 13.0 Å². The van der Waals surface area contributed by atoms with Crippen LogP contribution in [0.2, 0.25) is 0 Å². The smallest absolute Gasteiger partial charge is 0.408 e. The third-order valence-corrected chi connectivity index (χ3v) is 4.44. The van der Waals surface area contributed by atoms with Crippen molar-refractivity contribution in [2.45, 2.75) is 19.1 Å². The summed E-state index contributed by atoms with van der Waals surface area (Å²) in [6, 6.07) is 15.1. The van der Waals surface area contributed by atoms with Crippen molar-refractivity contribution >= 4 is 12.1 Å².